The first kappa shape index (κ1) is 15.2. The van der Waals surface area contributed by atoms with Gasteiger partial charge >= 0.3 is 0 Å². The summed E-state index contributed by atoms with van der Waals surface area (Å²) in [4.78, 5) is 12.2. The Balaban J connectivity index is 2.10. The largest absolute Gasteiger partial charge is 0.320 e. The molecule has 1 heterocycles. The molecule has 0 radical (unpaired) electrons. The van der Waals surface area contributed by atoms with E-state index in [2.05, 4.69) is 22.3 Å². The van der Waals surface area contributed by atoms with Crippen molar-refractivity contribution in [2.45, 2.75) is 19.9 Å². The summed E-state index contributed by atoms with van der Waals surface area (Å²) in [7, 11) is 0. The monoisotopic (exact) mass is 305 g/mol. The molecule has 0 amide bonds. The van der Waals surface area contributed by atoms with Crippen LogP contribution in [0.4, 0.5) is 0 Å². The minimum absolute atomic E-state index is 0.254. The molecule has 1 atom stereocenters. The maximum atomic E-state index is 12.2. The lowest BCUT2D eigenvalue weighted by Gasteiger charge is -2.13. The predicted octanol–water partition coefficient (Wildman–Crippen LogP) is 3.10. The van der Waals surface area contributed by atoms with E-state index < -0.39 is 6.04 Å². The molecule has 1 aromatic heterocycles. The van der Waals surface area contributed by atoms with Gasteiger partial charge in [-0.1, -0.05) is 48.0 Å². The van der Waals surface area contributed by atoms with Crippen molar-refractivity contribution in [3.8, 4) is 11.3 Å². The number of aromatic nitrogens is 2. The lowest BCUT2D eigenvalue weighted by atomic mass is 9.97. The molecule has 116 valence electrons. The maximum Gasteiger partial charge on any atom is 0.269 e. The van der Waals surface area contributed by atoms with E-state index >= 15 is 0 Å². The lowest BCUT2D eigenvalue weighted by molar-refractivity contribution is 0.827. The van der Waals surface area contributed by atoms with E-state index in [9.17, 15) is 4.79 Å². The smallest absolute Gasteiger partial charge is 0.269 e. The first-order chi connectivity index (χ1) is 11.1. The Labute approximate surface area is 135 Å². The van der Waals surface area contributed by atoms with Crippen molar-refractivity contribution in [1.29, 1.82) is 0 Å². The standard InChI is InChI=1S/C19H19N3O/c1-12-8-9-13(2)15(10-12)17-11-16(19(23)22-21-17)18(20)14-6-4-3-5-7-14/h3-11,18H,20H2,1-2H3,(H,22,23). The van der Waals surface area contributed by atoms with Gasteiger partial charge in [0.25, 0.3) is 5.56 Å². The normalized spacial score (nSPS) is 12.1. The molecule has 3 rings (SSSR count). The van der Waals surface area contributed by atoms with Gasteiger partial charge in [0.15, 0.2) is 0 Å². The Morgan fingerprint density at radius 1 is 1.04 bits per heavy atom. The van der Waals surface area contributed by atoms with Crippen molar-refractivity contribution >= 4 is 0 Å². The van der Waals surface area contributed by atoms with E-state index in [-0.39, 0.29) is 5.56 Å². The summed E-state index contributed by atoms with van der Waals surface area (Å²) in [5, 5.41) is 6.77. The van der Waals surface area contributed by atoms with Crippen molar-refractivity contribution in [2.24, 2.45) is 5.73 Å². The lowest BCUT2D eigenvalue weighted by Crippen LogP contribution is -2.23. The average molecular weight is 305 g/mol. The molecule has 0 aliphatic carbocycles. The van der Waals surface area contributed by atoms with Gasteiger partial charge in [-0.2, -0.15) is 5.10 Å². The van der Waals surface area contributed by atoms with Crippen molar-refractivity contribution in [3.63, 3.8) is 0 Å². The third-order valence-corrected chi connectivity index (χ3v) is 4.00. The topological polar surface area (TPSA) is 71.8 Å². The van der Waals surface area contributed by atoms with Gasteiger partial charge in [-0.05, 0) is 37.1 Å². The number of hydrogen-bond acceptors (Lipinski definition) is 3. The molecule has 0 spiro atoms. The number of nitrogens with zero attached hydrogens (tertiary/aromatic N) is 1. The summed E-state index contributed by atoms with van der Waals surface area (Å²) in [6.07, 6.45) is 0. The fourth-order valence-corrected chi connectivity index (χ4v) is 2.64. The summed E-state index contributed by atoms with van der Waals surface area (Å²) in [5.41, 5.74) is 11.4. The van der Waals surface area contributed by atoms with Gasteiger partial charge in [-0.3, -0.25) is 4.79 Å². The number of nitrogens with one attached hydrogen (secondary N) is 1. The first-order valence-electron chi connectivity index (χ1n) is 7.54. The molecule has 3 aromatic rings. The van der Waals surface area contributed by atoms with E-state index in [1.54, 1.807) is 6.07 Å². The molecule has 0 aliphatic rings. The van der Waals surface area contributed by atoms with Crippen molar-refractivity contribution in [3.05, 3.63) is 87.2 Å². The average Bonchev–Trinajstić information content (AvgIpc) is 2.58. The van der Waals surface area contributed by atoms with Crippen LogP contribution in [0.15, 0.2) is 59.4 Å². The number of hydrogen-bond donors (Lipinski definition) is 2. The summed E-state index contributed by atoms with van der Waals surface area (Å²) in [6, 6.07) is 17.1. The van der Waals surface area contributed by atoms with Gasteiger partial charge in [0.05, 0.1) is 11.7 Å². The SMILES string of the molecule is Cc1ccc(C)c(-c2cc(C(N)c3ccccc3)c(=O)[nH]n2)c1. The minimum atomic E-state index is -0.480. The summed E-state index contributed by atoms with van der Waals surface area (Å²) in [6.45, 7) is 4.06. The van der Waals surface area contributed by atoms with Crippen molar-refractivity contribution < 1.29 is 0 Å². The molecule has 0 fully saturated rings. The highest BCUT2D eigenvalue weighted by atomic mass is 16.1. The second-order valence-corrected chi connectivity index (χ2v) is 5.74. The third-order valence-electron chi connectivity index (χ3n) is 4.00. The van der Waals surface area contributed by atoms with E-state index in [1.807, 2.05) is 50.2 Å². The molecule has 4 heteroatoms. The Hall–Kier alpha value is -2.72. The van der Waals surface area contributed by atoms with Gasteiger partial charge in [0, 0.05) is 11.1 Å². The number of benzene rings is 2. The summed E-state index contributed by atoms with van der Waals surface area (Å²) in [5.74, 6) is 0. The molecule has 1 unspecified atom stereocenters. The van der Waals surface area contributed by atoms with E-state index in [1.165, 1.54) is 0 Å². The van der Waals surface area contributed by atoms with Crippen LogP contribution in [0.1, 0.15) is 28.3 Å². The molecule has 0 aliphatic heterocycles. The van der Waals surface area contributed by atoms with Crippen LogP contribution >= 0.6 is 0 Å². The zero-order valence-corrected chi connectivity index (χ0v) is 13.2. The van der Waals surface area contributed by atoms with Crippen LogP contribution < -0.4 is 11.3 Å². The van der Waals surface area contributed by atoms with Gasteiger partial charge < -0.3 is 5.73 Å². The Kier molecular flexibility index (Phi) is 4.08. The number of nitrogens with two attached hydrogens (primary N) is 1. The molecule has 2 aromatic carbocycles. The maximum absolute atomic E-state index is 12.2. The summed E-state index contributed by atoms with van der Waals surface area (Å²) >= 11 is 0. The molecule has 0 saturated heterocycles. The Morgan fingerprint density at radius 3 is 2.52 bits per heavy atom. The third kappa shape index (κ3) is 3.07. The Morgan fingerprint density at radius 2 is 1.78 bits per heavy atom. The zero-order valence-electron chi connectivity index (χ0n) is 13.2. The van der Waals surface area contributed by atoms with Gasteiger partial charge in [0.1, 0.15) is 0 Å². The first-order valence-corrected chi connectivity index (χ1v) is 7.54. The predicted molar refractivity (Wildman–Crippen MR) is 92.2 cm³/mol. The number of aryl methyl sites for hydroxylation is 2. The van der Waals surface area contributed by atoms with Gasteiger partial charge in [-0.15, -0.1) is 0 Å². The second kappa shape index (κ2) is 6.18. The Bertz CT molecular complexity index is 885. The highest BCUT2D eigenvalue weighted by Crippen LogP contribution is 2.24. The fourth-order valence-electron chi connectivity index (χ4n) is 2.64. The zero-order chi connectivity index (χ0) is 16.4. The van der Waals surface area contributed by atoms with Crippen LogP contribution in [-0.2, 0) is 0 Å². The highest BCUT2D eigenvalue weighted by molar-refractivity contribution is 5.64. The number of H-pyrrole nitrogens is 1. The number of rotatable bonds is 3. The van der Waals surface area contributed by atoms with E-state index in [4.69, 9.17) is 5.73 Å². The summed E-state index contributed by atoms with van der Waals surface area (Å²) < 4.78 is 0. The van der Waals surface area contributed by atoms with Crippen LogP contribution in [0.5, 0.6) is 0 Å². The van der Waals surface area contributed by atoms with Crippen LogP contribution in [0.3, 0.4) is 0 Å². The van der Waals surface area contributed by atoms with Crippen LogP contribution in [0, 0.1) is 13.8 Å². The van der Waals surface area contributed by atoms with Crippen molar-refractivity contribution in [1.82, 2.24) is 10.2 Å². The van der Waals surface area contributed by atoms with E-state index in [0.717, 1.165) is 27.9 Å². The van der Waals surface area contributed by atoms with Crippen molar-refractivity contribution in [2.75, 3.05) is 0 Å². The van der Waals surface area contributed by atoms with Crippen LogP contribution in [0.2, 0.25) is 0 Å². The van der Waals surface area contributed by atoms with Crippen LogP contribution in [0.25, 0.3) is 11.3 Å². The molecule has 23 heavy (non-hydrogen) atoms. The van der Waals surface area contributed by atoms with Gasteiger partial charge in [0.2, 0.25) is 0 Å². The fraction of sp³-hybridized carbons (Fsp3) is 0.158. The van der Waals surface area contributed by atoms with Crippen LogP contribution in [-0.4, -0.2) is 10.2 Å². The van der Waals surface area contributed by atoms with E-state index in [0.29, 0.717) is 5.56 Å². The quantitative estimate of drug-likeness (QED) is 0.781. The molecule has 0 bridgehead atoms. The molecular formula is C19H19N3O. The molecule has 3 N–H and O–H groups in total. The highest BCUT2D eigenvalue weighted by Gasteiger charge is 2.15. The molecular weight excluding hydrogens is 286 g/mol. The minimum Gasteiger partial charge on any atom is -0.320 e. The second-order valence-electron chi connectivity index (χ2n) is 5.74. The number of aromatic amines is 1. The molecule has 0 saturated carbocycles. The molecule has 4 nitrogen and oxygen atoms in total. The van der Waals surface area contributed by atoms with Gasteiger partial charge in [-0.25, -0.2) is 5.10 Å².